The number of rotatable bonds is 3. The number of amides is 1. The summed E-state index contributed by atoms with van der Waals surface area (Å²) in [6.07, 6.45) is 2.20. The van der Waals surface area contributed by atoms with Gasteiger partial charge in [-0.3, -0.25) is 4.79 Å². The van der Waals surface area contributed by atoms with Crippen LogP contribution in [0.3, 0.4) is 0 Å². The first kappa shape index (κ1) is 13.4. The topological polar surface area (TPSA) is 55.4 Å². The Kier molecular flexibility index (Phi) is 4.90. The highest BCUT2D eigenvalue weighted by molar-refractivity contribution is 9.10. The number of benzene rings is 1. The Morgan fingerprint density at radius 2 is 2.06 bits per heavy atom. The molecule has 0 radical (unpaired) electrons. The van der Waals surface area contributed by atoms with Gasteiger partial charge in [0.15, 0.2) is 0 Å². The quantitative estimate of drug-likeness (QED) is 0.689. The lowest BCUT2D eigenvalue weighted by Gasteiger charge is -2.04. The lowest BCUT2D eigenvalue weighted by Crippen LogP contribution is -2.09. The summed E-state index contributed by atoms with van der Waals surface area (Å²) in [5, 5.41) is 2.64. The van der Waals surface area contributed by atoms with Crippen molar-refractivity contribution in [1.29, 1.82) is 0 Å². The van der Waals surface area contributed by atoms with Crippen molar-refractivity contribution in [1.82, 2.24) is 0 Å². The molecule has 0 saturated carbocycles. The zero-order valence-corrected chi connectivity index (χ0v) is 11.1. The molecule has 0 atom stereocenters. The van der Waals surface area contributed by atoms with E-state index in [4.69, 9.17) is 0 Å². The van der Waals surface area contributed by atoms with E-state index in [0.717, 1.165) is 22.2 Å². The van der Waals surface area contributed by atoms with Gasteiger partial charge in [0.1, 0.15) is 0 Å². The van der Waals surface area contributed by atoms with E-state index in [2.05, 4.69) is 26.0 Å². The molecule has 1 aromatic carbocycles. The summed E-state index contributed by atoms with van der Waals surface area (Å²) in [6, 6.07) is 5.43. The maximum atomic E-state index is 11.4. The molecule has 5 heteroatoms. The number of hydrogen-bond donors (Lipinski definition) is 1. The maximum Gasteiger partial charge on any atom is 0.330 e. The lowest BCUT2D eigenvalue weighted by molar-refractivity contribution is -0.135. The van der Waals surface area contributed by atoms with Crippen LogP contribution in [0.15, 0.2) is 34.8 Å². The number of ether oxygens (including phenoxy) is 1. The zero-order valence-electron chi connectivity index (χ0n) is 9.49. The van der Waals surface area contributed by atoms with Crippen LogP contribution in [-0.2, 0) is 14.3 Å². The van der Waals surface area contributed by atoms with E-state index in [0.29, 0.717) is 5.69 Å². The van der Waals surface area contributed by atoms with Crippen LogP contribution in [0.2, 0.25) is 0 Å². The monoisotopic (exact) mass is 297 g/mol. The summed E-state index contributed by atoms with van der Waals surface area (Å²) >= 11 is 3.37. The minimum absolute atomic E-state index is 0.378. The Morgan fingerprint density at radius 3 is 2.65 bits per heavy atom. The van der Waals surface area contributed by atoms with Crippen LogP contribution in [0.4, 0.5) is 5.69 Å². The molecule has 0 heterocycles. The fraction of sp³-hybridized carbons (Fsp3) is 0.167. The molecule has 0 bridgehead atoms. The van der Waals surface area contributed by atoms with Gasteiger partial charge < -0.3 is 10.1 Å². The van der Waals surface area contributed by atoms with E-state index in [9.17, 15) is 9.59 Å². The zero-order chi connectivity index (χ0) is 12.8. The molecular formula is C12H12BrNO3. The highest BCUT2D eigenvalue weighted by Gasteiger charge is 2.01. The SMILES string of the molecule is COC(=O)C=CC(=O)Nc1ccc(Br)c(C)c1. The van der Waals surface area contributed by atoms with Gasteiger partial charge in [0.2, 0.25) is 5.91 Å². The maximum absolute atomic E-state index is 11.4. The largest absolute Gasteiger partial charge is 0.466 e. The van der Waals surface area contributed by atoms with Gasteiger partial charge in [-0.05, 0) is 30.7 Å². The van der Waals surface area contributed by atoms with Crippen LogP contribution >= 0.6 is 15.9 Å². The van der Waals surface area contributed by atoms with E-state index < -0.39 is 5.97 Å². The Labute approximate surface area is 108 Å². The second-order valence-electron chi connectivity index (χ2n) is 3.31. The summed E-state index contributed by atoms with van der Waals surface area (Å²) in [5.74, 6) is -0.941. The van der Waals surface area contributed by atoms with E-state index in [-0.39, 0.29) is 5.91 Å². The minimum Gasteiger partial charge on any atom is -0.466 e. The van der Waals surface area contributed by atoms with Crippen LogP contribution in [0, 0.1) is 6.92 Å². The van der Waals surface area contributed by atoms with Crippen molar-refractivity contribution in [3.05, 3.63) is 40.4 Å². The number of esters is 1. The molecule has 0 unspecified atom stereocenters. The molecule has 4 nitrogen and oxygen atoms in total. The van der Waals surface area contributed by atoms with Crippen molar-refractivity contribution in [2.75, 3.05) is 12.4 Å². The second-order valence-corrected chi connectivity index (χ2v) is 4.16. The number of anilines is 1. The molecule has 1 rings (SSSR count). The average Bonchev–Trinajstić information content (AvgIpc) is 2.31. The van der Waals surface area contributed by atoms with Crippen LogP contribution in [-0.4, -0.2) is 19.0 Å². The number of carbonyl (C=O) groups excluding carboxylic acids is 2. The summed E-state index contributed by atoms with van der Waals surface area (Å²) in [7, 11) is 1.25. The van der Waals surface area contributed by atoms with Gasteiger partial charge in [-0.1, -0.05) is 15.9 Å². The van der Waals surface area contributed by atoms with Gasteiger partial charge in [-0.15, -0.1) is 0 Å². The normalized spacial score (nSPS) is 10.3. The fourth-order valence-electron chi connectivity index (χ4n) is 1.12. The number of nitrogens with one attached hydrogen (secondary N) is 1. The van der Waals surface area contributed by atoms with Crippen LogP contribution < -0.4 is 5.32 Å². The summed E-state index contributed by atoms with van der Waals surface area (Å²) in [4.78, 5) is 22.2. The molecule has 0 aliphatic rings. The third-order valence-electron chi connectivity index (χ3n) is 2.00. The van der Waals surface area contributed by atoms with Crippen molar-refractivity contribution in [3.63, 3.8) is 0 Å². The van der Waals surface area contributed by atoms with Crippen LogP contribution in [0.25, 0.3) is 0 Å². The van der Waals surface area contributed by atoms with Crippen molar-refractivity contribution in [2.24, 2.45) is 0 Å². The molecular weight excluding hydrogens is 286 g/mol. The Morgan fingerprint density at radius 1 is 1.35 bits per heavy atom. The average molecular weight is 298 g/mol. The molecule has 0 spiro atoms. The first-order valence-corrected chi connectivity index (χ1v) is 5.65. The Balaban J connectivity index is 2.65. The first-order chi connectivity index (χ1) is 8.02. The predicted octanol–water partition coefficient (Wildman–Crippen LogP) is 2.43. The van der Waals surface area contributed by atoms with E-state index >= 15 is 0 Å². The Bertz CT molecular complexity index is 469. The van der Waals surface area contributed by atoms with Crippen molar-refractivity contribution in [2.45, 2.75) is 6.92 Å². The molecule has 0 saturated heterocycles. The summed E-state index contributed by atoms with van der Waals surface area (Å²) in [5.41, 5.74) is 1.69. The highest BCUT2D eigenvalue weighted by atomic mass is 79.9. The van der Waals surface area contributed by atoms with E-state index in [1.54, 1.807) is 6.07 Å². The van der Waals surface area contributed by atoms with Crippen molar-refractivity contribution in [3.8, 4) is 0 Å². The van der Waals surface area contributed by atoms with Gasteiger partial charge in [0.25, 0.3) is 0 Å². The second kappa shape index (κ2) is 6.20. The number of methoxy groups -OCH3 is 1. The van der Waals surface area contributed by atoms with Gasteiger partial charge >= 0.3 is 5.97 Å². The smallest absolute Gasteiger partial charge is 0.330 e. The molecule has 0 aliphatic heterocycles. The number of halogens is 1. The van der Waals surface area contributed by atoms with Gasteiger partial charge in [-0.25, -0.2) is 4.79 Å². The van der Waals surface area contributed by atoms with Gasteiger partial charge in [0, 0.05) is 22.3 Å². The minimum atomic E-state index is -0.563. The summed E-state index contributed by atoms with van der Waals surface area (Å²) in [6.45, 7) is 1.92. The van der Waals surface area contributed by atoms with Crippen molar-refractivity contribution >= 4 is 33.5 Å². The fourth-order valence-corrected chi connectivity index (χ4v) is 1.36. The van der Waals surface area contributed by atoms with Gasteiger partial charge in [0.05, 0.1) is 7.11 Å². The molecule has 0 aromatic heterocycles. The molecule has 1 N–H and O–H groups in total. The molecule has 0 fully saturated rings. The third-order valence-corrected chi connectivity index (χ3v) is 2.89. The van der Waals surface area contributed by atoms with E-state index in [1.165, 1.54) is 7.11 Å². The standard InChI is InChI=1S/C12H12BrNO3/c1-8-7-9(3-4-10(8)13)14-11(15)5-6-12(16)17-2/h3-7H,1-2H3,(H,14,15). The van der Waals surface area contributed by atoms with Crippen molar-refractivity contribution < 1.29 is 14.3 Å². The molecule has 17 heavy (non-hydrogen) atoms. The molecule has 1 amide bonds. The lowest BCUT2D eigenvalue weighted by atomic mass is 10.2. The van der Waals surface area contributed by atoms with E-state index in [1.807, 2.05) is 19.1 Å². The van der Waals surface area contributed by atoms with Gasteiger partial charge in [-0.2, -0.15) is 0 Å². The summed E-state index contributed by atoms with van der Waals surface area (Å²) < 4.78 is 5.35. The third kappa shape index (κ3) is 4.40. The molecule has 1 aromatic rings. The predicted molar refractivity (Wildman–Crippen MR) is 68.7 cm³/mol. The Hall–Kier alpha value is -1.62. The number of aryl methyl sites for hydroxylation is 1. The first-order valence-electron chi connectivity index (χ1n) is 4.86. The van der Waals surface area contributed by atoms with Crippen LogP contribution in [0.5, 0.6) is 0 Å². The number of carbonyl (C=O) groups is 2. The van der Waals surface area contributed by atoms with Crippen LogP contribution in [0.1, 0.15) is 5.56 Å². The number of hydrogen-bond acceptors (Lipinski definition) is 3. The highest BCUT2D eigenvalue weighted by Crippen LogP contribution is 2.19. The molecule has 90 valence electrons. The molecule has 0 aliphatic carbocycles.